The SMILES string of the molecule is CO[Si](CCCOC1(c2cc(P(c3ccccc3)c3ccccc3)c(-c3c(P(c4ccccc4)c4ccccc4)ccc4ccccc34)c3ccccc23)CCCC1)(OC)OC. The molecule has 1 aliphatic carbocycles. The summed E-state index contributed by atoms with van der Waals surface area (Å²) in [6, 6.07) is 71.0. The number of benzene rings is 8. The molecule has 0 atom stereocenters. The quantitative estimate of drug-likeness (QED) is 0.0551. The molecule has 0 heterocycles. The molecular formula is C55H54O4P2Si. The predicted molar refractivity (Wildman–Crippen MR) is 267 cm³/mol. The molecule has 0 saturated heterocycles. The van der Waals surface area contributed by atoms with Gasteiger partial charge in [-0.05, 0) is 111 Å². The second-order valence-electron chi connectivity index (χ2n) is 16.0. The van der Waals surface area contributed by atoms with Crippen molar-refractivity contribution in [2.24, 2.45) is 0 Å². The van der Waals surface area contributed by atoms with Crippen molar-refractivity contribution in [3.8, 4) is 11.1 Å². The van der Waals surface area contributed by atoms with Crippen LogP contribution in [-0.2, 0) is 23.6 Å². The molecule has 0 N–H and O–H groups in total. The highest BCUT2D eigenvalue weighted by Crippen LogP contribution is 2.51. The third-order valence-corrected chi connectivity index (χ3v) is 20.3. The first kappa shape index (κ1) is 42.5. The zero-order chi connectivity index (χ0) is 42.4. The van der Waals surface area contributed by atoms with Crippen molar-refractivity contribution in [3.63, 3.8) is 0 Å². The molecule has 1 saturated carbocycles. The Kier molecular flexibility index (Phi) is 13.2. The third-order valence-electron chi connectivity index (χ3n) is 12.6. The first-order valence-electron chi connectivity index (χ1n) is 21.8. The van der Waals surface area contributed by atoms with Crippen LogP contribution in [0.5, 0.6) is 0 Å². The molecule has 1 aliphatic rings. The van der Waals surface area contributed by atoms with E-state index in [-0.39, 0.29) is 0 Å². The summed E-state index contributed by atoms with van der Waals surface area (Å²) < 4.78 is 24.8. The molecular weight excluding hydrogens is 815 g/mol. The Balaban J connectivity index is 1.36. The lowest BCUT2D eigenvalue weighted by molar-refractivity contribution is -0.0455. The average Bonchev–Trinajstić information content (AvgIpc) is 3.83. The van der Waals surface area contributed by atoms with E-state index in [2.05, 4.69) is 188 Å². The molecule has 0 radical (unpaired) electrons. The van der Waals surface area contributed by atoms with E-state index in [9.17, 15) is 0 Å². The second-order valence-corrected chi connectivity index (χ2v) is 23.5. The van der Waals surface area contributed by atoms with E-state index in [1.54, 1.807) is 21.3 Å². The molecule has 0 unspecified atom stereocenters. The summed E-state index contributed by atoms with van der Waals surface area (Å²) in [5.41, 5.74) is 3.49. The summed E-state index contributed by atoms with van der Waals surface area (Å²) in [7, 11) is 0.326. The number of hydrogen-bond donors (Lipinski definition) is 0. The van der Waals surface area contributed by atoms with Crippen molar-refractivity contribution in [3.05, 3.63) is 194 Å². The molecule has 0 aliphatic heterocycles. The standard InChI is InChI=1S/C55H54O4P2Si/c1-56-62(57-2,58-3)40-22-39-59-55(37-20-21-38-55)50-41-52(61(45-28-12-6-13-29-45)46-30-14-7-15-31-46)54(49-34-19-18-33-48(49)50)53-47-32-17-16-23-42(47)35-36-51(53)60(43-24-8-4-9-25-43)44-26-10-5-11-27-44/h4-19,23-36,41H,20-22,37-40H2,1-3H3. The van der Waals surface area contributed by atoms with Crippen LogP contribution in [-0.4, -0.2) is 36.7 Å². The smallest absolute Gasteiger partial charge is 0.377 e. The highest BCUT2D eigenvalue weighted by atomic mass is 31.1. The molecule has 8 aromatic rings. The van der Waals surface area contributed by atoms with Crippen molar-refractivity contribution in [2.45, 2.75) is 43.7 Å². The van der Waals surface area contributed by atoms with Gasteiger partial charge in [0.1, 0.15) is 0 Å². The van der Waals surface area contributed by atoms with Gasteiger partial charge in [0.15, 0.2) is 0 Å². The molecule has 9 rings (SSSR count). The number of hydrogen-bond acceptors (Lipinski definition) is 4. The molecule has 62 heavy (non-hydrogen) atoms. The molecule has 0 amide bonds. The van der Waals surface area contributed by atoms with Crippen LogP contribution in [0.3, 0.4) is 0 Å². The first-order chi connectivity index (χ1) is 30.6. The Morgan fingerprint density at radius 3 is 1.42 bits per heavy atom. The fourth-order valence-electron chi connectivity index (χ4n) is 9.60. The second kappa shape index (κ2) is 19.3. The zero-order valence-electron chi connectivity index (χ0n) is 35.9. The van der Waals surface area contributed by atoms with Crippen molar-refractivity contribution in [2.75, 3.05) is 27.9 Å². The lowest BCUT2D eigenvalue weighted by Crippen LogP contribution is -2.43. The van der Waals surface area contributed by atoms with Crippen molar-refractivity contribution >= 4 is 78.0 Å². The molecule has 0 spiro atoms. The van der Waals surface area contributed by atoms with Crippen LogP contribution < -0.4 is 31.8 Å². The highest BCUT2D eigenvalue weighted by molar-refractivity contribution is 7.80. The van der Waals surface area contributed by atoms with Crippen molar-refractivity contribution in [1.82, 2.24) is 0 Å². The Morgan fingerprint density at radius 2 is 0.903 bits per heavy atom. The van der Waals surface area contributed by atoms with Gasteiger partial charge in [-0.1, -0.05) is 195 Å². The normalized spacial score (nSPS) is 14.0. The Hall–Kier alpha value is -4.80. The fraction of sp³-hybridized carbons (Fsp3) is 0.200. The summed E-state index contributed by atoms with van der Waals surface area (Å²) in [6.45, 7) is 0.592. The van der Waals surface area contributed by atoms with Crippen LogP contribution >= 0.6 is 15.8 Å². The van der Waals surface area contributed by atoms with Crippen LogP contribution in [0.25, 0.3) is 32.7 Å². The van der Waals surface area contributed by atoms with Crippen molar-refractivity contribution in [1.29, 1.82) is 0 Å². The van der Waals surface area contributed by atoms with Crippen LogP contribution in [0.4, 0.5) is 0 Å². The maximum absolute atomic E-state index is 7.32. The number of rotatable bonds is 16. The van der Waals surface area contributed by atoms with E-state index in [0.29, 0.717) is 12.7 Å². The van der Waals surface area contributed by atoms with Crippen molar-refractivity contribution < 1.29 is 18.0 Å². The van der Waals surface area contributed by atoms with Gasteiger partial charge in [-0.25, -0.2) is 0 Å². The lowest BCUT2D eigenvalue weighted by Gasteiger charge is -2.35. The molecule has 0 bridgehead atoms. The Bertz CT molecular complexity index is 2640. The van der Waals surface area contributed by atoms with Crippen LogP contribution in [0, 0.1) is 0 Å². The number of fused-ring (bicyclic) bond motifs is 2. The molecule has 1 fully saturated rings. The van der Waals surface area contributed by atoms with Gasteiger partial charge in [0.05, 0.1) is 5.60 Å². The predicted octanol–water partition coefficient (Wildman–Crippen LogP) is 11.2. The molecule has 7 heteroatoms. The molecule has 312 valence electrons. The molecule has 0 aromatic heterocycles. The van der Waals surface area contributed by atoms with Gasteiger partial charge in [0.25, 0.3) is 0 Å². The van der Waals surface area contributed by atoms with Gasteiger partial charge < -0.3 is 18.0 Å². The van der Waals surface area contributed by atoms with E-state index in [4.69, 9.17) is 18.0 Å². The van der Waals surface area contributed by atoms with Crippen LogP contribution in [0.1, 0.15) is 37.7 Å². The first-order valence-corrected chi connectivity index (χ1v) is 26.4. The maximum Gasteiger partial charge on any atom is 0.500 e. The minimum Gasteiger partial charge on any atom is -0.377 e. The van der Waals surface area contributed by atoms with E-state index in [0.717, 1.165) is 32.1 Å². The third kappa shape index (κ3) is 8.37. The summed E-state index contributed by atoms with van der Waals surface area (Å²) in [5, 5.41) is 13.1. The van der Waals surface area contributed by atoms with Gasteiger partial charge in [0, 0.05) is 34.0 Å². The fourth-order valence-corrected chi connectivity index (χ4v) is 16.3. The van der Waals surface area contributed by atoms with E-state index < -0.39 is 30.2 Å². The van der Waals surface area contributed by atoms with Crippen LogP contribution in [0.2, 0.25) is 6.04 Å². The average molecular weight is 869 g/mol. The van der Waals surface area contributed by atoms with E-state index in [1.807, 2.05) is 0 Å². The largest absolute Gasteiger partial charge is 0.500 e. The summed E-state index contributed by atoms with van der Waals surface area (Å²) in [6.07, 6.45) is 4.97. The monoisotopic (exact) mass is 868 g/mol. The minimum atomic E-state index is -2.75. The van der Waals surface area contributed by atoms with Gasteiger partial charge in [-0.3, -0.25) is 0 Å². The summed E-state index contributed by atoms with van der Waals surface area (Å²) >= 11 is 0. The number of ether oxygens (including phenoxy) is 1. The lowest BCUT2D eigenvalue weighted by atomic mass is 9.84. The summed E-state index contributed by atoms with van der Waals surface area (Å²) in [5.74, 6) is 0. The summed E-state index contributed by atoms with van der Waals surface area (Å²) in [4.78, 5) is 0. The highest BCUT2D eigenvalue weighted by Gasteiger charge is 2.41. The molecule has 8 aromatic carbocycles. The van der Waals surface area contributed by atoms with Gasteiger partial charge in [-0.15, -0.1) is 0 Å². The topological polar surface area (TPSA) is 36.9 Å². The zero-order valence-corrected chi connectivity index (χ0v) is 38.7. The maximum atomic E-state index is 7.32. The van der Waals surface area contributed by atoms with Gasteiger partial charge in [-0.2, -0.15) is 0 Å². The molecule has 4 nitrogen and oxygen atoms in total. The van der Waals surface area contributed by atoms with Crippen LogP contribution in [0.15, 0.2) is 188 Å². The Morgan fingerprint density at radius 1 is 0.468 bits per heavy atom. The Labute approximate surface area is 370 Å². The van der Waals surface area contributed by atoms with Gasteiger partial charge >= 0.3 is 8.80 Å². The van der Waals surface area contributed by atoms with Gasteiger partial charge in [0.2, 0.25) is 0 Å². The van der Waals surface area contributed by atoms with E-state index >= 15 is 0 Å². The minimum absolute atomic E-state index is 0.443. The van der Waals surface area contributed by atoms with E-state index in [1.165, 1.54) is 70.1 Å².